The molecule has 1 unspecified atom stereocenters. The molecule has 3 atom stereocenters. The van der Waals surface area contributed by atoms with Crippen LogP contribution in [-0.2, 0) is 14.3 Å². The fourth-order valence-electron chi connectivity index (χ4n) is 3.51. The molecule has 0 saturated heterocycles. The summed E-state index contributed by atoms with van der Waals surface area (Å²) in [4.78, 5) is 11.7. The third kappa shape index (κ3) is 16.2. The highest BCUT2D eigenvalue weighted by atomic mass is 16.6. The van der Waals surface area contributed by atoms with Crippen molar-refractivity contribution in [2.45, 2.75) is 112 Å². The van der Waals surface area contributed by atoms with Crippen LogP contribution >= 0.6 is 0 Å². The molecule has 0 heterocycles. The minimum atomic E-state index is -0.475. The van der Waals surface area contributed by atoms with Crippen LogP contribution in [0.4, 0.5) is 0 Å². The first kappa shape index (κ1) is 27.2. The Morgan fingerprint density at radius 1 is 0.857 bits per heavy atom. The molecule has 0 aromatic carbocycles. The number of carbonyl (C=O) groups is 1. The van der Waals surface area contributed by atoms with Gasteiger partial charge in [0.2, 0.25) is 0 Å². The molecule has 166 valence electrons. The molecule has 0 saturated carbocycles. The number of hydrogen-bond acceptors (Lipinski definition) is 3. The van der Waals surface area contributed by atoms with Gasteiger partial charge in [0.25, 0.3) is 0 Å². The number of rotatable bonds is 17. The van der Waals surface area contributed by atoms with E-state index < -0.39 is 6.10 Å². The molecule has 0 aliphatic carbocycles. The van der Waals surface area contributed by atoms with E-state index >= 15 is 0 Å². The number of hydrogen-bond donors (Lipinski definition) is 0. The Morgan fingerprint density at radius 3 is 1.93 bits per heavy atom. The summed E-state index contributed by atoms with van der Waals surface area (Å²) in [6.07, 6.45) is 13.4. The van der Waals surface area contributed by atoms with E-state index in [1.165, 1.54) is 56.9 Å². The van der Waals surface area contributed by atoms with Gasteiger partial charge in [-0.05, 0) is 57.4 Å². The Hall–Kier alpha value is -0.830. The van der Waals surface area contributed by atoms with Crippen molar-refractivity contribution in [3.63, 3.8) is 0 Å². The zero-order valence-corrected chi connectivity index (χ0v) is 19.9. The smallest absolute Gasteiger partial charge is 0.335 e. The van der Waals surface area contributed by atoms with Crippen molar-refractivity contribution in [2.75, 3.05) is 13.2 Å². The van der Waals surface area contributed by atoms with E-state index in [0.29, 0.717) is 13.2 Å². The first-order chi connectivity index (χ1) is 13.3. The lowest BCUT2D eigenvalue weighted by Crippen LogP contribution is -2.23. The van der Waals surface area contributed by atoms with Crippen molar-refractivity contribution in [3.05, 3.63) is 11.6 Å². The standard InChI is InChI=1S/C25H48O3/c1-8-27-24(7)25(26)28-19-18-23(6)17-11-16-22(5)15-10-14-21(4)13-9-12-20(2)3/h18,20-22,24H,8-17,19H2,1-7H3/b23-18+/t21-,22-,24?/m1/s1. The normalized spacial score (nSPS) is 15.5. The van der Waals surface area contributed by atoms with E-state index in [1.807, 2.05) is 13.0 Å². The summed E-state index contributed by atoms with van der Waals surface area (Å²) in [7, 11) is 0. The van der Waals surface area contributed by atoms with Gasteiger partial charge in [-0.15, -0.1) is 0 Å². The zero-order valence-electron chi connectivity index (χ0n) is 19.9. The van der Waals surface area contributed by atoms with Crippen LogP contribution in [0.5, 0.6) is 0 Å². The second kappa shape index (κ2) is 17.1. The molecule has 0 spiro atoms. The van der Waals surface area contributed by atoms with Crippen molar-refractivity contribution in [1.82, 2.24) is 0 Å². The van der Waals surface area contributed by atoms with Gasteiger partial charge >= 0.3 is 5.97 Å². The Bertz CT molecular complexity index is 414. The van der Waals surface area contributed by atoms with Crippen LogP contribution in [0, 0.1) is 17.8 Å². The van der Waals surface area contributed by atoms with Gasteiger partial charge in [-0.25, -0.2) is 4.79 Å². The predicted molar refractivity (Wildman–Crippen MR) is 121 cm³/mol. The summed E-state index contributed by atoms with van der Waals surface area (Å²) in [5.41, 5.74) is 1.31. The molecule has 0 bridgehead atoms. The molecule has 0 aliphatic rings. The molecule has 0 N–H and O–H groups in total. The summed E-state index contributed by atoms with van der Waals surface area (Å²) >= 11 is 0. The third-order valence-electron chi connectivity index (χ3n) is 5.55. The molecule has 0 aromatic rings. The van der Waals surface area contributed by atoms with E-state index in [2.05, 4.69) is 34.6 Å². The SMILES string of the molecule is CCOC(C)C(=O)OC/C=C(\C)CCC[C@H](C)CCC[C@H](C)CCCC(C)C. The maximum Gasteiger partial charge on any atom is 0.335 e. The zero-order chi connectivity index (χ0) is 21.4. The number of esters is 1. The molecule has 0 amide bonds. The number of carbonyl (C=O) groups excluding carboxylic acids is 1. The molecular formula is C25H48O3. The van der Waals surface area contributed by atoms with Crippen LogP contribution < -0.4 is 0 Å². The monoisotopic (exact) mass is 396 g/mol. The predicted octanol–water partition coefficient (Wildman–Crippen LogP) is 7.34. The van der Waals surface area contributed by atoms with Crippen molar-refractivity contribution >= 4 is 5.97 Å². The Morgan fingerprint density at radius 2 is 1.39 bits per heavy atom. The Balaban J connectivity index is 3.75. The Kier molecular flexibility index (Phi) is 16.6. The van der Waals surface area contributed by atoms with Crippen molar-refractivity contribution < 1.29 is 14.3 Å². The second-order valence-electron chi connectivity index (χ2n) is 9.14. The molecule has 28 heavy (non-hydrogen) atoms. The summed E-state index contributed by atoms with van der Waals surface area (Å²) < 4.78 is 10.5. The van der Waals surface area contributed by atoms with Gasteiger partial charge in [0.05, 0.1) is 0 Å². The Labute approximate surface area is 175 Å². The van der Waals surface area contributed by atoms with Crippen LogP contribution in [0.15, 0.2) is 11.6 Å². The van der Waals surface area contributed by atoms with Gasteiger partial charge in [-0.3, -0.25) is 0 Å². The lowest BCUT2D eigenvalue weighted by atomic mass is 9.91. The van der Waals surface area contributed by atoms with Crippen molar-refractivity contribution in [3.8, 4) is 0 Å². The first-order valence-corrected chi connectivity index (χ1v) is 11.7. The van der Waals surface area contributed by atoms with E-state index in [0.717, 1.165) is 24.2 Å². The van der Waals surface area contributed by atoms with E-state index in [9.17, 15) is 4.79 Å². The van der Waals surface area contributed by atoms with Crippen LogP contribution in [0.2, 0.25) is 0 Å². The highest BCUT2D eigenvalue weighted by Crippen LogP contribution is 2.22. The minimum absolute atomic E-state index is 0.280. The highest BCUT2D eigenvalue weighted by molar-refractivity contribution is 5.74. The van der Waals surface area contributed by atoms with Gasteiger partial charge < -0.3 is 9.47 Å². The van der Waals surface area contributed by atoms with Gasteiger partial charge in [-0.1, -0.05) is 78.2 Å². The molecule has 0 aliphatic heterocycles. The summed E-state index contributed by atoms with van der Waals surface area (Å²) in [5.74, 6) is 2.25. The number of allylic oxidation sites excluding steroid dienone is 1. The van der Waals surface area contributed by atoms with Crippen molar-refractivity contribution in [2.24, 2.45) is 17.8 Å². The minimum Gasteiger partial charge on any atom is -0.460 e. The van der Waals surface area contributed by atoms with E-state index in [1.54, 1.807) is 6.92 Å². The van der Waals surface area contributed by atoms with Crippen LogP contribution in [-0.4, -0.2) is 25.3 Å². The lowest BCUT2D eigenvalue weighted by molar-refractivity contribution is -0.154. The summed E-state index contributed by atoms with van der Waals surface area (Å²) in [6, 6.07) is 0. The van der Waals surface area contributed by atoms with Crippen LogP contribution in [0.1, 0.15) is 106 Å². The first-order valence-electron chi connectivity index (χ1n) is 11.7. The topological polar surface area (TPSA) is 35.5 Å². The third-order valence-corrected chi connectivity index (χ3v) is 5.55. The molecule has 0 radical (unpaired) electrons. The largest absolute Gasteiger partial charge is 0.460 e. The molecule has 0 aromatic heterocycles. The molecular weight excluding hydrogens is 348 g/mol. The molecule has 0 fully saturated rings. The molecule has 0 rings (SSSR count). The lowest BCUT2D eigenvalue weighted by Gasteiger charge is -2.15. The van der Waals surface area contributed by atoms with E-state index in [-0.39, 0.29) is 5.97 Å². The second-order valence-corrected chi connectivity index (χ2v) is 9.14. The molecule has 3 heteroatoms. The maximum absolute atomic E-state index is 11.7. The van der Waals surface area contributed by atoms with Crippen LogP contribution in [0.3, 0.4) is 0 Å². The van der Waals surface area contributed by atoms with Crippen molar-refractivity contribution in [1.29, 1.82) is 0 Å². The quantitative estimate of drug-likeness (QED) is 0.190. The maximum atomic E-state index is 11.7. The fraction of sp³-hybridized carbons (Fsp3) is 0.880. The van der Waals surface area contributed by atoms with Gasteiger partial charge in [0, 0.05) is 6.61 Å². The van der Waals surface area contributed by atoms with Gasteiger partial charge in [0.1, 0.15) is 6.61 Å². The van der Waals surface area contributed by atoms with Crippen LogP contribution in [0.25, 0.3) is 0 Å². The molecule has 3 nitrogen and oxygen atoms in total. The average Bonchev–Trinajstić information content (AvgIpc) is 2.61. The highest BCUT2D eigenvalue weighted by Gasteiger charge is 2.13. The average molecular weight is 397 g/mol. The summed E-state index contributed by atoms with van der Waals surface area (Å²) in [5, 5.41) is 0. The fourth-order valence-corrected chi connectivity index (χ4v) is 3.51. The van der Waals surface area contributed by atoms with E-state index in [4.69, 9.17) is 9.47 Å². The van der Waals surface area contributed by atoms with Gasteiger partial charge in [0.15, 0.2) is 6.10 Å². The van der Waals surface area contributed by atoms with Gasteiger partial charge in [-0.2, -0.15) is 0 Å². The summed E-state index contributed by atoms with van der Waals surface area (Å²) in [6.45, 7) is 16.1. The number of ether oxygens (including phenoxy) is 2.